The van der Waals surface area contributed by atoms with Crippen LogP contribution in [-0.2, 0) is 4.79 Å². The number of hydrogen-bond acceptors (Lipinski definition) is 4. The first-order chi connectivity index (χ1) is 15.0. The van der Waals surface area contributed by atoms with Gasteiger partial charge in [0, 0.05) is 15.6 Å². The molecule has 1 heterocycles. The smallest absolute Gasteiger partial charge is 0.271 e. The van der Waals surface area contributed by atoms with Crippen molar-refractivity contribution in [2.45, 2.75) is 6.92 Å². The summed E-state index contributed by atoms with van der Waals surface area (Å²) in [6.45, 7) is 2.47. The number of hydrogen-bond donors (Lipinski definition) is 0. The molecule has 1 amide bonds. The monoisotopic (exact) mass is 468 g/mol. The minimum atomic E-state index is -0.161. The summed E-state index contributed by atoms with van der Waals surface area (Å²) in [6.07, 6.45) is 1.84. The van der Waals surface area contributed by atoms with Crippen LogP contribution in [0.2, 0.25) is 10.0 Å². The summed E-state index contributed by atoms with van der Waals surface area (Å²) in [5.41, 5.74) is 2.23. The highest BCUT2D eigenvalue weighted by atomic mass is 35.5. The van der Waals surface area contributed by atoms with Gasteiger partial charge in [-0.2, -0.15) is 0 Å². The fourth-order valence-corrected chi connectivity index (χ4v) is 4.26. The van der Waals surface area contributed by atoms with Gasteiger partial charge in [0.15, 0.2) is 5.17 Å². The van der Waals surface area contributed by atoms with Crippen LogP contribution in [0.25, 0.3) is 6.08 Å². The van der Waals surface area contributed by atoms with Gasteiger partial charge in [0.25, 0.3) is 5.91 Å². The average molecular weight is 469 g/mol. The maximum atomic E-state index is 13.4. The number of thioether (sulfide) groups is 1. The van der Waals surface area contributed by atoms with E-state index < -0.39 is 0 Å². The maximum absolute atomic E-state index is 13.4. The van der Waals surface area contributed by atoms with Gasteiger partial charge < -0.3 is 4.74 Å². The highest BCUT2D eigenvalue weighted by Gasteiger charge is 2.35. The lowest BCUT2D eigenvalue weighted by atomic mass is 10.2. The molecule has 1 aliphatic heterocycles. The third-order valence-electron chi connectivity index (χ3n) is 4.45. The molecule has 0 spiro atoms. The van der Waals surface area contributed by atoms with Crippen LogP contribution in [0.4, 0.5) is 11.4 Å². The zero-order valence-electron chi connectivity index (χ0n) is 16.6. The van der Waals surface area contributed by atoms with E-state index in [-0.39, 0.29) is 5.91 Å². The standard InChI is InChI=1S/C24H18Cl2N2O2S/c1-2-30-21-6-4-3-5-16(21)15-22-23(29)28(20-13-9-18(26)10-14-20)24(31-22)27-19-11-7-17(25)8-12-19/h3-15H,2H2,1H3/b22-15-,27-24?. The molecule has 7 heteroatoms. The number of aliphatic imine (C=N–C) groups is 1. The first-order valence-corrected chi connectivity index (χ1v) is 11.2. The van der Waals surface area contributed by atoms with Gasteiger partial charge in [0.1, 0.15) is 5.75 Å². The third-order valence-corrected chi connectivity index (χ3v) is 5.92. The van der Waals surface area contributed by atoms with Crippen molar-refractivity contribution in [2.75, 3.05) is 11.5 Å². The predicted octanol–water partition coefficient (Wildman–Crippen LogP) is 7.20. The summed E-state index contributed by atoms with van der Waals surface area (Å²) in [7, 11) is 0. The van der Waals surface area contributed by atoms with E-state index in [1.54, 1.807) is 41.3 Å². The lowest BCUT2D eigenvalue weighted by molar-refractivity contribution is -0.113. The molecule has 4 rings (SSSR count). The molecule has 3 aromatic carbocycles. The molecule has 4 nitrogen and oxygen atoms in total. The van der Waals surface area contributed by atoms with Crippen molar-refractivity contribution in [3.05, 3.63) is 93.3 Å². The van der Waals surface area contributed by atoms with Crippen molar-refractivity contribution >= 4 is 63.5 Å². The fraction of sp³-hybridized carbons (Fsp3) is 0.0833. The number of rotatable bonds is 5. The lowest BCUT2D eigenvalue weighted by Gasteiger charge is -2.15. The normalized spacial score (nSPS) is 16.4. The lowest BCUT2D eigenvalue weighted by Crippen LogP contribution is -2.28. The molecule has 1 saturated heterocycles. The van der Waals surface area contributed by atoms with Crippen LogP contribution >= 0.6 is 35.0 Å². The van der Waals surface area contributed by atoms with Crippen molar-refractivity contribution in [2.24, 2.45) is 4.99 Å². The van der Waals surface area contributed by atoms with Crippen molar-refractivity contribution in [3.8, 4) is 5.75 Å². The molecule has 0 aromatic heterocycles. The number of nitrogens with zero attached hydrogens (tertiary/aromatic N) is 2. The van der Waals surface area contributed by atoms with E-state index in [0.717, 1.165) is 11.3 Å². The molecule has 0 bridgehead atoms. The zero-order valence-corrected chi connectivity index (χ0v) is 18.9. The molecular formula is C24H18Cl2N2O2S. The highest BCUT2D eigenvalue weighted by Crippen LogP contribution is 2.38. The van der Waals surface area contributed by atoms with Crippen LogP contribution in [0, 0.1) is 0 Å². The Labute approximate surface area is 195 Å². The van der Waals surface area contributed by atoms with E-state index in [4.69, 9.17) is 32.9 Å². The van der Waals surface area contributed by atoms with E-state index in [1.807, 2.05) is 49.4 Å². The molecule has 0 atom stereocenters. The Morgan fingerprint density at radius 3 is 2.29 bits per heavy atom. The molecule has 156 valence electrons. The maximum Gasteiger partial charge on any atom is 0.271 e. The molecule has 1 fully saturated rings. The summed E-state index contributed by atoms with van der Waals surface area (Å²) in [5.74, 6) is 0.568. The van der Waals surface area contributed by atoms with Gasteiger partial charge in [-0.25, -0.2) is 4.99 Å². The fourth-order valence-electron chi connectivity index (χ4n) is 3.02. The van der Waals surface area contributed by atoms with Crippen LogP contribution in [0.15, 0.2) is 82.7 Å². The number of amidine groups is 1. The van der Waals surface area contributed by atoms with Crippen molar-refractivity contribution in [1.29, 1.82) is 0 Å². The van der Waals surface area contributed by atoms with Crippen LogP contribution < -0.4 is 9.64 Å². The predicted molar refractivity (Wildman–Crippen MR) is 131 cm³/mol. The number of benzene rings is 3. The molecular weight excluding hydrogens is 451 g/mol. The second-order valence-corrected chi connectivity index (χ2v) is 8.45. The van der Waals surface area contributed by atoms with Crippen LogP contribution in [0.3, 0.4) is 0 Å². The van der Waals surface area contributed by atoms with Crippen LogP contribution in [0.5, 0.6) is 5.75 Å². The van der Waals surface area contributed by atoms with Crippen molar-refractivity contribution < 1.29 is 9.53 Å². The van der Waals surface area contributed by atoms with Gasteiger partial charge in [0.2, 0.25) is 0 Å². The molecule has 0 saturated carbocycles. The minimum absolute atomic E-state index is 0.161. The van der Waals surface area contributed by atoms with Crippen molar-refractivity contribution in [1.82, 2.24) is 0 Å². The number of carbonyl (C=O) groups is 1. The summed E-state index contributed by atoms with van der Waals surface area (Å²) in [4.78, 5) is 20.2. The SMILES string of the molecule is CCOc1ccccc1/C=C1\SC(=Nc2ccc(Cl)cc2)N(c2ccc(Cl)cc2)C1=O. The largest absolute Gasteiger partial charge is 0.493 e. The van der Waals surface area contributed by atoms with Gasteiger partial charge in [-0.1, -0.05) is 41.4 Å². The van der Waals surface area contributed by atoms with E-state index in [2.05, 4.69) is 0 Å². The van der Waals surface area contributed by atoms with Gasteiger partial charge in [-0.3, -0.25) is 9.69 Å². The van der Waals surface area contributed by atoms with Crippen LogP contribution in [0.1, 0.15) is 12.5 Å². The Bertz CT molecular complexity index is 1160. The first-order valence-electron chi connectivity index (χ1n) is 9.61. The number of halogens is 2. The quantitative estimate of drug-likeness (QED) is 0.371. The Morgan fingerprint density at radius 1 is 0.968 bits per heavy atom. The Morgan fingerprint density at radius 2 is 1.61 bits per heavy atom. The number of para-hydroxylation sites is 1. The summed E-state index contributed by atoms with van der Waals surface area (Å²) in [6, 6.07) is 21.9. The molecule has 3 aromatic rings. The molecule has 0 aliphatic carbocycles. The second-order valence-electron chi connectivity index (χ2n) is 6.57. The topological polar surface area (TPSA) is 41.9 Å². The number of amides is 1. The first kappa shape index (κ1) is 21.5. The van der Waals surface area contributed by atoms with Gasteiger partial charge in [-0.15, -0.1) is 0 Å². The summed E-state index contributed by atoms with van der Waals surface area (Å²) < 4.78 is 5.70. The van der Waals surface area contributed by atoms with E-state index in [0.29, 0.717) is 38.1 Å². The van der Waals surface area contributed by atoms with E-state index >= 15 is 0 Å². The average Bonchev–Trinajstić information content (AvgIpc) is 3.07. The Balaban J connectivity index is 1.77. The Hall–Kier alpha value is -2.73. The van der Waals surface area contributed by atoms with E-state index in [9.17, 15) is 4.79 Å². The van der Waals surface area contributed by atoms with Crippen LogP contribution in [-0.4, -0.2) is 17.7 Å². The van der Waals surface area contributed by atoms with Gasteiger partial charge in [0.05, 0.1) is 22.9 Å². The highest BCUT2D eigenvalue weighted by molar-refractivity contribution is 8.19. The zero-order chi connectivity index (χ0) is 21.8. The number of ether oxygens (including phenoxy) is 1. The second kappa shape index (κ2) is 9.60. The van der Waals surface area contributed by atoms with Crippen molar-refractivity contribution in [3.63, 3.8) is 0 Å². The molecule has 1 aliphatic rings. The Kier molecular flexibility index (Phi) is 6.66. The van der Waals surface area contributed by atoms with E-state index in [1.165, 1.54) is 11.8 Å². The molecule has 0 unspecified atom stereocenters. The molecule has 0 radical (unpaired) electrons. The minimum Gasteiger partial charge on any atom is -0.493 e. The summed E-state index contributed by atoms with van der Waals surface area (Å²) in [5, 5.41) is 1.78. The van der Waals surface area contributed by atoms with Gasteiger partial charge in [-0.05, 0) is 79.4 Å². The molecule has 0 N–H and O–H groups in total. The molecule has 31 heavy (non-hydrogen) atoms. The third kappa shape index (κ3) is 4.96. The number of carbonyl (C=O) groups excluding carboxylic acids is 1. The van der Waals surface area contributed by atoms with Gasteiger partial charge >= 0.3 is 0 Å². The summed E-state index contributed by atoms with van der Waals surface area (Å²) >= 11 is 13.3. The number of anilines is 1.